The molecule has 0 aromatic heterocycles. The summed E-state index contributed by atoms with van der Waals surface area (Å²) in [6.45, 7) is 0. The molecule has 2 nitrogen and oxygen atoms in total. The van der Waals surface area contributed by atoms with Crippen LogP contribution in [-0.4, -0.2) is 23.9 Å². The van der Waals surface area contributed by atoms with Crippen LogP contribution in [0.25, 0.3) is 0 Å². The molecule has 2 heterocycles. The molecule has 12 heavy (non-hydrogen) atoms. The van der Waals surface area contributed by atoms with E-state index in [9.17, 15) is 4.79 Å². The number of carbonyl (C=O) groups excluding carboxylic acids is 1. The first-order valence-corrected chi connectivity index (χ1v) is 4.72. The summed E-state index contributed by atoms with van der Waals surface area (Å²) in [5.74, 6) is 0.508. The van der Waals surface area contributed by atoms with E-state index in [2.05, 4.69) is 12.2 Å². The summed E-state index contributed by atoms with van der Waals surface area (Å²) in [5, 5.41) is 0. The lowest BCUT2D eigenvalue weighted by molar-refractivity contribution is -0.138. The lowest BCUT2D eigenvalue weighted by Crippen LogP contribution is -2.45. The molecule has 1 fully saturated rings. The van der Waals surface area contributed by atoms with Gasteiger partial charge >= 0.3 is 0 Å². The Hall–Kier alpha value is -0.790. The highest BCUT2D eigenvalue weighted by atomic mass is 16.2. The van der Waals surface area contributed by atoms with Crippen LogP contribution in [0.5, 0.6) is 0 Å². The van der Waals surface area contributed by atoms with Gasteiger partial charge in [0.2, 0.25) is 5.91 Å². The van der Waals surface area contributed by atoms with Crippen molar-refractivity contribution in [1.29, 1.82) is 0 Å². The molecule has 2 aliphatic heterocycles. The molecule has 3 aliphatic rings. The van der Waals surface area contributed by atoms with Crippen LogP contribution >= 0.6 is 0 Å². The number of rotatable bonds is 0. The van der Waals surface area contributed by atoms with Crippen molar-refractivity contribution in [3.05, 3.63) is 12.2 Å². The first kappa shape index (κ1) is 7.84. The molecule has 0 aromatic rings. The van der Waals surface area contributed by atoms with Gasteiger partial charge in [-0.2, -0.15) is 0 Å². The predicted molar refractivity (Wildman–Crippen MR) is 47.7 cm³/mol. The lowest BCUT2D eigenvalue weighted by Gasteiger charge is -2.37. The van der Waals surface area contributed by atoms with Crippen LogP contribution in [0.2, 0.25) is 0 Å². The van der Waals surface area contributed by atoms with E-state index in [-0.39, 0.29) is 5.92 Å². The Bertz CT molecular complexity index is 222. The van der Waals surface area contributed by atoms with Crippen molar-refractivity contribution in [3.8, 4) is 0 Å². The van der Waals surface area contributed by atoms with E-state index in [0.717, 1.165) is 19.3 Å². The molecule has 0 radical (unpaired) electrons. The van der Waals surface area contributed by atoms with E-state index in [4.69, 9.17) is 0 Å². The number of fused-ring (bicyclic) bond motifs is 4. The molecule has 0 saturated carbocycles. The van der Waals surface area contributed by atoms with Crippen molar-refractivity contribution in [2.75, 3.05) is 7.05 Å². The van der Waals surface area contributed by atoms with E-state index in [0.29, 0.717) is 11.9 Å². The number of nitrogens with zero attached hydrogens (tertiary/aromatic N) is 1. The maximum atomic E-state index is 11.6. The summed E-state index contributed by atoms with van der Waals surface area (Å²) >= 11 is 0. The highest BCUT2D eigenvalue weighted by molar-refractivity contribution is 5.81. The topological polar surface area (TPSA) is 20.3 Å². The van der Waals surface area contributed by atoms with Gasteiger partial charge in [-0.1, -0.05) is 12.2 Å². The van der Waals surface area contributed by atoms with Crippen molar-refractivity contribution in [3.63, 3.8) is 0 Å². The van der Waals surface area contributed by atoms with Crippen molar-refractivity contribution in [1.82, 2.24) is 4.90 Å². The van der Waals surface area contributed by atoms with Crippen molar-refractivity contribution in [2.24, 2.45) is 5.92 Å². The summed E-state index contributed by atoms with van der Waals surface area (Å²) in [5.41, 5.74) is 0. The van der Waals surface area contributed by atoms with Crippen LogP contribution in [-0.2, 0) is 4.79 Å². The van der Waals surface area contributed by atoms with Crippen LogP contribution in [0.15, 0.2) is 12.2 Å². The van der Waals surface area contributed by atoms with Crippen LogP contribution in [0, 0.1) is 5.92 Å². The molecule has 1 amide bonds. The van der Waals surface area contributed by atoms with Gasteiger partial charge in [0.15, 0.2) is 0 Å². The van der Waals surface area contributed by atoms with E-state index in [1.807, 2.05) is 11.9 Å². The Kier molecular flexibility index (Phi) is 1.91. The molecule has 0 N–H and O–H groups in total. The minimum atomic E-state index is 0.187. The van der Waals surface area contributed by atoms with Gasteiger partial charge in [0.05, 0.1) is 5.92 Å². The number of hydrogen-bond donors (Lipinski definition) is 0. The molecule has 3 rings (SSSR count). The maximum absolute atomic E-state index is 11.6. The third-order valence-corrected chi connectivity index (χ3v) is 3.06. The second kappa shape index (κ2) is 2.92. The molecule has 1 saturated heterocycles. The number of carbonyl (C=O) groups is 1. The highest BCUT2D eigenvalue weighted by Gasteiger charge is 2.31. The van der Waals surface area contributed by atoms with Crippen molar-refractivity contribution < 1.29 is 4.79 Å². The molecule has 66 valence electrons. The minimum Gasteiger partial charge on any atom is -0.342 e. The van der Waals surface area contributed by atoms with Crippen LogP contribution < -0.4 is 0 Å². The van der Waals surface area contributed by atoms with Gasteiger partial charge in [-0.25, -0.2) is 0 Å². The second-order valence-electron chi connectivity index (χ2n) is 3.79. The number of allylic oxidation sites excluding steroid dienone is 1. The smallest absolute Gasteiger partial charge is 0.229 e. The summed E-state index contributed by atoms with van der Waals surface area (Å²) in [6, 6.07) is 0.513. The largest absolute Gasteiger partial charge is 0.342 e. The molecule has 2 bridgehead atoms. The zero-order valence-corrected chi connectivity index (χ0v) is 7.49. The van der Waals surface area contributed by atoms with Gasteiger partial charge in [0.25, 0.3) is 0 Å². The van der Waals surface area contributed by atoms with Crippen LogP contribution in [0.3, 0.4) is 0 Å². The average molecular weight is 165 g/mol. The van der Waals surface area contributed by atoms with Gasteiger partial charge in [-0.05, 0) is 25.7 Å². The minimum absolute atomic E-state index is 0.187. The zero-order valence-electron chi connectivity index (χ0n) is 7.49. The fraction of sp³-hybridized carbons (Fsp3) is 0.700. The standard InChI is InChI=1S/C10H15NO/c1-11-9-5-3-2-4-8(6-7-9)10(11)12/h2,4,8-9H,3,5-7H2,1H3/b4-2-/t8-,9+/m0/s1. The summed E-state index contributed by atoms with van der Waals surface area (Å²) in [4.78, 5) is 13.6. The molecule has 0 unspecified atom stereocenters. The Morgan fingerprint density at radius 2 is 2.25 bits per heavy atom. The van der Waals surface area contributed by atoms with Gasteiger partial charge < -0.3 is 4.90 Å². The van der Waals surface area contributed by atoms with Crippen LogP contribution in [0.1, 0.15) is 25.7 Å². The molecule has 2 heteroatoms. The molecule has 2 atom stereocenters. The van der Waals surface area contributed by atoms with Crippen LogP contribution in [0.4, 0.5) is 0 Å². The third kappa shape index (κ3) is 1.15. The molecule has 0 aromatic carbocycles. The first-order valence-electron chi connectivity index (χ1n) is 4.72. The van der Waals surface area contributed by atoms with Crippen molar-refractivity contribution in [2.45, 2.75) is 31.7 Å². The molecule has 1 aliphatic carbocycles. The number of piperidine rings is 1. The lowest BCUT2D eigenvalue weighted by atomic mass is 9.87. The molecular weight excluding hydrogens is 150 g/mol. The van der Waals surface area contributed by atoms with E-state index in [1.54, 1.807) is 0 Å². The predicted octanol–water partition coefficient (Wildman–Crippen LogP) is 1.57. The van der Waals surface area contributed by atoms with Crippen molar-refractivity contribution >= 4 is 5.91 Å². The monoisotopic (exact) mass is 165 g/mol. The SMILES string of the molecule is CN1C(=O)[C@H]2/C=C\CC[C@@H]1CC2. The number of hydrogen-bond acceptors (Lipinski definition) is 1. The Labute approximate surface area is 73.2 Å². The summed E-state index contributed by atoms with van der Waals surface area (Å²) in [6.07, 6.45) is 8.79. The van der Waals surface area contributed by atoms with Gasteiger partial charge in [0.1, 0.15) is 0 Å². The van der Waals surface area contributed by atoms with Gasteiger partial charge in [-0.3, -0.25) is 4.79 Å². The second-order valence-corrected chi connectivity index (χ2v) is 3.79. The molecular formula is C10H15NO. The normalized spacial score (nSPS) is 37.8. The Morgan fingerprint density at radius 3 is 3.08 bits per heavy atom. The van der Waals surface area contributed by atoms with E-state index in [1.165, 1.54) is 6.42 Å². The quantitative estimate of drug-likeness (QED) is 0.499. The summed E-state index contributed by atoms with van der Waals surface area (Å²) < 4.78 is 0. The first-order chi connectivity index (χ1) is 5.79. The highest BCUT2D eigenvalue weighted by Crippen LogP contribution is 2.28. The fourth-order valence-electron chi connectivity index (χ4n) is 2.20. The van der Waals surface area contributed by atoms with E-state index < -0.39 is 0 Å². The Morgan fingerprint density at radius 1 is 1.42 bits per heavy atom. The van der Waals surface area contributed by atoms with Gasteiger partial charge in [-0.15, -0.1) is 0 Å². The average Bonchev–Trinajstić information content (AvgIpc) is 2.00. The van der Waals surface area contributed by atoms with E-state index >= 15 is 0 Å². The number of amides is 1. The third-order valence-electron chi connectivity index (χ3n) is 3.06. The summed E-state index contributed by atoms with van der Waals surface area (Å²) in [7, 11) is 1.94. The Balaban J connectivity index is 2.25. The van der Waals surface area contributed by atoms with Gasteiger partial charge in [0, 0.05) is 13.1 Å². The maximum Gasteiger partial charge on any atom is 0.229 e. The molecule has 0 spiro atoms. The zero-order chi connectivity index (χ0) is 8.55. The fourth-order valence-corrected chi connectivity index (χ4v) is 2.20.